The first-order chi connectivity index (χ1) is 8.20. The van der Waals surface area contributed by atoms with E-state index in [0.717, 1.165) is 5.56 Å². The molecule has 1 N–H and O–H groups in total. The zero-order chi connectivity index (χ0) is 12.3. The second-order valence-corrected chi connectivity index (χ2v) is 3.60. The summed E-state index contributed by atoms with van der Waals surface area (Å²) in [6, 6.07) is 5.40. The zero-order valence-electron chi connectivity index (χ0n) is 9.18. The summed E-state index contributed by atoms with van der Waals surface area (Å²) in [5.74, 6) is 0.409. The Balaban J connectivity index is 0.00000162. The molecule has 0 unspecified atom stereocenters. The van der Waals surface area contributed by atoms with Gasteiger partial charge < -0.3 is 14.6 Å². The molecule has 1 heterocycles. The summed E-state index contributed by atoms with van der Waals surface area (Å²) in [6.45, 7) is 3.71. The van der Waals surface area contributed by atoms with Gasteiger partial charge in [0.2, 0.25) is 6.79 Å². The first kappa shape index (κ1) is 14.8. The molecule has 0 saturated carbocycles. The standard InChI is InChI=1S/C13H12O4.Na.H/c1-2-3-10(13(14)15)6-9-4-5-11-12(7-9)17-8-16-11;;/h2-5,7H,1,6,8H2,(H,14,15);;. The Kier molecular flexibility index (Phi) is 5.47. The van der Waals surface area contributed by atoms with Crippen LogP contribution in [0.5, 0.6) is 11.5 Å². The maximum absolute atomic E-state index is 11.0. The molecule has 1 aliphatic rings. The molecule has 90 valence electrons. The topological polar surface area (TPSA) is 55.8 Å². The van der Waals surface area contributed by atoms with E-state index in [1.54, 1.807) is 12.1 Å². The molecular formula is C13H13NaO4. The molecule has 0 aliphatic carbocycles. The van der Waals surface area contributed by atoms with Gasteiger partial charge in [0, 0.05) is 12.0 Å². The number of hydrogen-bond acceptors (Lipinski definition) is 3. The van der Waals surface area contributed by atoms with Crippen LogP contribution in [0.1, 0.15) is 5.56 Å². The van der Waals surface area contributed by atoms with Crippen LogP contribution in [0.2, 0.25) is 0 Å². The number of aliphatic carboxylic acids is 1. The molecule has 0 bridgehead atoms. The second kappa shape index (κ2) is 6.64. The Labute approximate surface area is 127 Å². The molecule has 18 heavy (non-hydrogen) atoms. The molecule has 0 radical (unpaired) electrons. The van der Waals surface area contributed by atoms with Gasteiger partial charge in [-0.3, -0.25) is 0 Å². The van der Waals surface area contributed by atoms with Crippen molar-refractivity contribution in [3.63, 3.8) is 0 Å². The zero-order valence-corrected chi connectivity index (χ0v) is 9.18. The Morgan fingerprint density at radius 3 is 2.78 bits per heavy atom. The number of benzene rings is 1. The monoisotopic (exact) mass is 256 g/mol. The Morgan fingerprint density at radius 1 is 1.39 bits per heavy atom. The number of rotatable bonds is 4. The van der Waals surface area contributed by atoms with Crippen molar-refractivity contribution in [3.8, 4) is 11.5 Å². The third-order valence-electron chi connectivity index (χ3n) is 2.43. The first-order valence-electron chi connectivity index (χ1n) is 5.14. The fourth-order valence-corrected chi connectivity index (χ4v) is 1.62. The molecular weight excluding hydrogens is 243 g/mol. The van der Waals surface area contributed by atoms with Gasteiger partial charge in [0.25, 0.3) is 0 Å². The number of hydrogen-bond donors (Lipinski definition) is 1. The van der Waals surface area contributed by atoms with Crippen molar-refractivity contribution in [2.75, 3.05) is 6.79 Å². The van der Waals surface area contributed by atoms with Crippen LogP contribution in [0, 0.1) is 0 Å². The molecule has 5 heteroatoms. The van der Waals surface area contributed by atoms with Gasteiger partial charge in [-0.25, -0.2) is 4.79 Å². The summed E-state index contributed by atoms with van der Waals surface area (Å²) < 4.78 is 10.4. The van der Waals surface area contributed by atoms with E-state index in [1.165, 1.54) is 12.2 Å². The van der Waals surface area contributed by atoms with Crippen molar-refractivity contribution in [1.82, 2.24) is 0 Å². The fraction of sp³-hybridized carbons (Fsp3) is 0.154. The summed E-state index contributed by atoms with van der Waals surface area (Å²) in [5, 5.41) is 8.99. The van der Waals surface area contributed by atoms with E-state index in [0.29, 0.717) is 23.5 Å². The molecule has 0 spiro atoms. The van der Waals surface area contributed by atoms with Crippen LogP contribution in [-0.2, 0) is 11.2 Å². The minimum atomic E-state index is -0.942. The molecule has 1 aromatic carbocycles. The molecule has 4 nitrogen and oxygen atoms in total. The van der Waals surface area contributed by atoms with Crippen molar-refractivity contribution in [1.29, 1.82) is 0 Å². The number of fused-ring (bicyclic) bond motifs is 1. The number of allylic oxidation sites excluding steroid dienone is 2. The van der Waals surface area contributed by atoms with E-state index < -0.39 is 5.97 Å². The van der Waals surface area contributed by atoms with Crippen LogP contribution in [0.3, 0.4) is 0 Å². The predicted molar refractivity (Wildman–Crippen MR) is 69.3 cm³/mol. The molecule has 0 atom stereocenters. The van der Waals surface area contributed by atoms with Crippen molar-refractivity contribution in [3.05, 3.63) is 48.1 Å². The van der Waals surface area contributed by atoms with E-state index in [9.17, 15) is 4.79 Å². The van der Waals surface area contributed by atoms with Crippen molar-refractivity contribution >= 4 is 35.5 Å². The summed E-state index contributed by atoms with van der Waals surface area (Å²) in [4.78, 5) is 11.0. The average Bonchev–Trinajstić information content (AvgIpc) is 2.75. The van der Waals surface area contributed by atoms with Gasteiger partial charge in [0.15, 0.2) is 11.5 Å². The number of ether oxygens (including phenoxy) is 2. The summed E-state index contributed by atoms with van der Waals surface area (Å²) in [6.07, 6.45) is 3.29. The van der Waals surface area contributed by atoms with Crippen LogP contribution in [-0.4, -0.2) is 47.4 Å². The summed E-state index contributed by atoms with van der Waals surface area (Å²) in [7, 11) is 0. The third-order valence-corrected chi connectivity index (χ3v) is 2.43. The average molecular weight is 256 g/mol. The molecule has 1 aromatic rings. The summed E-state index contributed by atoms with van der Waals surface area (Å²) >= 11 is 0. The second-order valence-electron chi connectivity index (χ2n) is 3.60. The maximum atomic E-state index is 11.0. The number of carboxylic acid groups (broad SMARTS) is 1. The Bertz CT molecular complexity index is 494. The van der Waals surface area contributed by atoms with Gasteiger partial charge >= 0.3 is 35.5 Å². The van der Waals surface area contributed by atoms with E-state index in [-0.39, 0.29) is 36.4 Å². The molecule has 1 aliphatic heterocycles. The van der Waals surface area contributed by atoms with E-state index in [2.05, 4.69) is 6.58 Å². The Hall–Kier alpha value is -1.23. The predicted octanol–water partition coefficient (Wildman–Crippen LogP) is 1.51. The van der Waals surface area contributed by atoms with E-state index in [1.807, 2.05) is 6.07 Å². The number of carbonyl (C=O) groups is 1. The van der Waals surface area contributed by atoms with Gasteiger partial charge in [0.1, 0.15) is 0 Å². The van der Waals surface area contributed by atoms with Crippen molar-refractivity contribution in [2.45, 2.75) is 6.42 Å². The van der Waals surface area contributed by atoms with Gasteiger partial charge in [-0.05, 0) is 17.7 Å². The molecule has 0 amide bonds. The molecule has 0 fully saturated rings. The minimum absolute atomic E-state index is 0. The Morgan fingerprint density at radius 2 is 2.11 bits per heavy atom. The van der Waals surface area contributed by atoms with Crippen LogP contribution >= 0.6 is 0 Å². The molecule has 2 rings (SSSR count). The third kappa shape index (κ3) is 3.38. The fourth-order valence-electron chi connectivity index (χ4n) is 1.62. The van der Waals surface area contributed by atoms with Gasteiger partial charge in [-0.15, -0.1) is 0 Å². The van der Waals surface area contributed by atoms with Gasteiger partial charge in [-0.1, -0.05) is 24.8 Å². The first-order valence-corrected chi connectivity index (χ1v) is 5.14. The van der Waals surface area contributed by atoms with Gasteiger partial charge in [0.05, 0.1) is 0 Å². The molecule has 0 saturated heterocycles. The molecule has 0 aromatic heterocycles. The van der Waals surface area contributed by atoms with Crippen molar-refractivity contribution < 1.29 is 19.4 Å². The van der Waals surface area contributed by atoms with Crippen LogP contribution in [0.4, 0.5) is 0 Å². The van der Waals surface area contributed by atoms with E-state index in [4.69, 9.17) is 14.6 Å². The number of carboxylic acids is 1. The van der Waals surface area contributed by atoms with Crippen molar-refractivity contribution in [2.24, 2.45) is 0 Å². The van der Waals surface area contributed by atoms with E-state index >= 15 is 0 Å². The quantitative estimate of drug-likeness (QED) is 0.504. The van der Waals surface area contributed by atoms with Crippen LogP contribution in [0.25, 0.3) is 0 Å². The van der Waals surface area contributed by atoms with Gasteiger partial charge in [-0.2, -0.15) is 0 Å². The summed E-state index contributed by atoms with van der Waals surface area (Å²) in [5.41, 5.74) is 1.16. The normalized spacial score (nSPS) is 12.8. The SMILES string of the molecule is C=CC=C(Cc1ccc2c(c1)OCO2)C(=O)O.[NaH]. The van der Waals surface area contributed by atoms with Crippen LogP contribution in [0.15, 0.2) is 42.5 Å². The van der Waals surface area contributed by atoms with Crippen LogP contribution < -0.4 is 9.47 Å².